The number of piperidine rings is 1. The molecule has 0 radical (unpaired) electrons. The molecule has 2 aliphatic rings. The highest BCUT2D eigenvalue weighted by molar-refractivity contribution is 7.20. The number of aryl methyl sites for hydroxylation is 1. The summed E-state index contributed by atoms with van der Waals surface area (Å²) in [6.07, 6.45) is 5.60. The summed E-state index contributed by atoms with van der Waals surface area (Å²) in [7, 11) is 1.62. The van der Waals surface area contributed by atoms with E-state index < -0.39 is 0 Å². The van der Waals surface area contributed by atoms with Gasteiger partial charge in [0.25, 0.3) is 5.56 Å². The number of rotatable bonds is 5. The van der Waals surface area contributed by atoms with Crippen molar-refractivity contribution in [1.29, 1.82) is 0 Å². The Labute approximate surface area is 161 Å². The Balaban J connectivity index is 1.54. The van der Waals surface area contributed by atoms with E-state index in [0.717, 1.165) is 61.5 Å². The summed E-state index contributed by atoms with van der Waals surface area (Å²) in [5.74, 6) is -0.0101. The first-order chi connectivity index (χ1) is 13.2. The van der Waals surface area contributed by atoms with Gasteiger partial charge in [-0.05, 0) is 38.5 Å². The molecule has 1 N–H and O–H groups in total. The number of hydrogen-bond acceptors (Lipinski definition) is 7. The monoisotopic (exact) mass is 391 g/mol. The van der Waals surface area contributed by atoms with Gasteiger partial charge in [0, 0.05) is 32.3 Å². The van der Waals surface area contributed by atoms with Crippen LogP contribution in [0.2, 0.25) is 0 Å². The number of anilines is 1. The third-order valence-electron chi connectivity index (χ3n) is 5.34. The highest BCUT2D eigenvalue weighted by Gasteiger charge is 2.28. The quantitative estimate of drug-likeness (QED) is 0.766. The van der Waals surface area contributed by atoms with Crippen LogP contribution >= 0.6 is 11.3 Å². The van der Waals surface area contributed by atoms with Gasteiger partial charge >= 0.3 is 0 Å². The fraction of sp³-hybridized carbons (Fsp3) is 0.667. The fourth-order valence-electron chi connectivity index (χ4n) is 3.88. The molecule has 1 aliphatic heterocycles. The molecule has 1 amide bonds. The van der Waals surface area contributed by atoms with Gasteiger partial charge in [-0.2, -0.15) is 4.52 Å². The molecule has 0 bridgehead atoms. The fourth-order valence-corrected chi connectivity index (χ4v) is 4.82. The Morgan fingerprint density at radius 2 is 2.19 bits per heavy atom. The summed E-state index contributed by atoms with van der Waals surface area (Å²) in [5, 5.41) is 8.24. The van der Waals surface area contributed by atoms with Crippen molar-refractivity contribution >= 4 is 27.3 Å². The molecule has 2 aromatic rings. The molecule has 9 heteroatoms. The molecule has 146 valence electrons. The van der Waals surface area contributed by atoms with E-state index in [0.29, 0.717) is 24.7 Å². The Morgan fingerprint density at radius 1 is 1.33 bits per heavy atom. The number of carbonyl (C=O) groups is 1. The van der Waals surface area contributed by atoms with Crippen molar-refractivity contribution in [2.75, 3.05) is 38.3 Å². The van der Waals surface area contributed by atoms with Gasteiger partial charge in [0.15, 0.2) is 0 Å². The largest absolute Gasteiger partial charge is 0.383 e. The van der Waals surface area contributed by atoms with Crippen LogP contribution in [-0.4, -0.2) is 53.9 Å². The maximum atomic E-state index is 12.8. The van der Waals surface area contributed by atoms with Crippen LogP contribution in [0.4, 0.5) is 5.13 Å². The Hall–Kier alpha value is -2.00. The number of carbonyl (C=O) groups excluding carboxylic acids is 1. The van der Waals surface area contributed by atoms with Crippen LogP contribution in [0.5, 0.6) is 0 Å². The molecule has 27 heavy (non-hydrogen) atoms. The van der Waals surface area contributed by atoms with Gasteiger partial charge in [-0.3, -0.25) is 9.59 Å². The van der Waals surface area contributed by atoms with Crippen LogP contribution in [0.3, 0.4) is 0 Å². The molecule has 1 saturated heterocycles. The number of nitrogens with one attached hydrogen (secondary N) is 1. The molecule has 0 saturated carbocycles. The van der Waals surface area contributed by atoms with E-state index in [4.69, 9.17) is 9.72 Å². The van der Waals surface area contributed by atoms with Crippen molar-refractivity contribution in [2.45, 2.75) is 38.5 Å². The molecule has 1 atom stereocenters. The minimum absolute atomic E-state index is 0.0249. The maximum absolute atomic E-state index is 12.8. The standard InChI is InChI=1S/C18H25N5O3S/c1-26-10-8-19-15(24)12-5-4-9-22(11-12)18-21-23-16(25)13-6-2-3-7-14(13)20-17(23)27-18/h12H,2-11H2,1H3,(H,19,24)/t12-/m1/s1. The lowest BCUT2D eigenvalue weighted by atomic mass is 9.97. The zero-order valence-electron chi connectivity index (χ0n) is 15.6. The van der Waals surface area contributed by atoms with E-state index in [9.17, 15) is 9.59 Å². The Kier molecular flexibility index (Phi) is 5.40. The minimum Gasteiger partial charge on any atom is -0.383 e. The first-order valence-corrected chi connectivity index (χ1v) is 10.4. The second-order valence-electron chi connectivity index (χ2n) is 7.20. The smallest absolute Gasteiger partial charge is 0.278 e. The number of methoxy groups -OCH3 is 1. The molecule has 4 rings (SSSR count). The number of ether oxygens (including phenoxy) is 1. The summed E-state index contributed by atoms with van der Waals surface area (Å²) in [5.41, 5.74) is 1.74. The zero-order valence-corrected chi connectivity index (χ0v) is 16.4. The van der Waals surface area contributed by atoms with Crippen molar-refractivity contribution in [3.05, 3.63) is 21.6 Å². The lowest BCUT2D eigenvalue weighted by Gasteiger charge is -2.31. The molecule has 3 heterocycles. The summed E-state index contributed by atoms with van der Waals surface area (Å²) in [6, 6.07) is 0. The average molecular weight is 391 g/mol. The summed E-state index contributed by atoms with van der Waals surface area (Å²) in [6.45, 7) is 2.50. The summed E-state index contributed by atoms with van der Waals surface area (Å²) in [4.78, 5) is 32.6. The number of nitrogens with zero attached hydrogens (tertiary/aromatic N) is 4. The topological polar surface area (TPSA) is 88.8 Å². The number of fused-ring (bicyclic) bond motifs is 2. The number of aromatic nitrogens is 3. The molecule has 8 nitrogen and oxygen atoms in total. The van der Waals surface area contributed by atoms with E-state index in [2.05, 4.69) is 15.3 Å². The Morgan fingerprint density at radius 3 is 3.04 bits per heavy atom. The van der Waals surface area contributed by atoms with E-state index >= 15 is 0 Å². The lowest BCUT2D eigenvalue weighted by Crippen LogP contribution is -2.43. The third kappa shape index (κ3) is 3.70. The predicted molar refractivity (Wildman–Crippen MR) is 104 cm³/mol. The normalized spacial score (nSPS) is 19.9. The molecule has 0 unspecified atom stereocenters. The van der Waals surface area contributed by atoms with Gasteiger partial charge in [-0.25, -0.2) is 4.98 Å². The van der Waals surface area contributed by atoms with Crippen LogP contribution in [-0.2, 0) is 22.4 Å². The van der Waals surface area contributed by atoms with Crippen LogP contribution < -0.4 is 15.8 Å². The minimum atomic E-state index is -0.0690. The van der Waals surface area contributed by atoms with Crippen LogP contribution in [0.15, 0.2) is 4.79 Å². The van der Waals surface area contributed by atoms with Gasteiger partial charge in [-0.1, -0.05) is 11.3 Å². The molecule has 0 aromatic carbocycles. The van der Waals surface area contributed by atoms with E-state index in [1.54, 1.807) is 7.11 Å². The number of hydrogen-bond donors (Lipinski definition) is 1. The van der Waals surface area contributed by atoms with Crippen LogP contribution in [0, 0.1) is 5.92 Å². The Bertz CT molecular complexity index is 893. The second-order valence-corrected chi connectivity index (χ2v) is 8.13. The summed E-state index contributed by atoms with van der Waals surface area (Å²) < 4.78 is 6.44. The molecule has 0 spiro atoms. The van der Waals surface area contributed by atoms with Crippen LogP contribution in [0.25, 0.3) is 4.96 Å². The first-order valence-electron chi connectivity index (χ1n) is 9.60. The molecular weight excluding hydrogens is 366 g/mol. The SMILES string of the molecule is COCCNC(=O)[C@@H]1CCCN(c2nn3c(=O)c4c(nc3s2)CCCC4)C1. The number of amides is 1. The second kappa shape index (κ2) is 7.93. The van der Waals surface area contributed by atoms with E-state index in [1.165, 1.54) is 15.9 Å². The van der Waals surface area contributed by atoms with Crippen molar-refractivity contribution < 1.29 is 9.53 Å². The van der Waals surface area contributed by atoms with Gasteiger partial charge in [0.05, 0.1) is 18.2 Å². The maximum Gasteiger partial charge on any atom is 0.278 e. The van der Waals surface area contributed by atoms with Gasteiger partial charge < -0.3 is 15.0 Å². The van der Waals surface area contributed by atoms with Crippen molar-refractivity contribution in [1.82, 2.24) is 19.9 Å². The highest BCUT2D eigenvalue weighted by atomic mass is 32.1. The lowest BCUT2D eigenvalue weighted by molar-refractivity contribution is -0.125. The van der Waals surface area contributed by atoms with Crippen LogP contribution in [0.1, 0.15) is 36.9 Å². The molecule has 1 aliphatic carbocycles. The van der Waals surface area contributed by atoms with E-state index in [1.807, 2.05) is 0 Å². The zero-order chi connectivity index (χ0) is 18.8. The van der Waals surface area contributed by atoms with Crippen molar-refractivity contribution in [2.24, 2.45) is 5.92 Å². The summed E-state index contributed by atoms with van der Waals surface area (Å²) >= 11 is 1.44. The van der Waals surface area contributed by atoms with Crippen molar-refractivity contribution in [3.8, 4) is 0 Å². The first kappa shape index (κ1) is 18.4. The van der Waals surface area contributed by atoms with E-state index in [-0.39, 0.29) is 17.4 Å². The third-order valence-corrected chi connectivity index (χ3v) is 6.31. The molecular formula is C18H25N5O3S. The van der Waals surface area contributed by atoms with Gasteiger partial charge in [-0.15, -0.1) is 5.10 Å². The average Bonchev–Trinajstić information content (AvgIpc) is 3.13. The molecule has 2 aromatic heterocycles. The molecule has 1 fully saturated rings. The highest BCUT2D eigenvalue weighted by Crippen LogP contribution is 2.28. The van der Waals surface area contributed by atoms with Gasteiger partial charge in [0.2, 0.25) is 16.0 Å². The van der Waals surface area contributed by atoms with Crippen molar-refractivity contribution in [3.63, 3.8) is 0 Å². The predicted octanol–water partition coefficient (Wildman–Crippen LogP) is 1.01. The van der Waals surface area contributed by atoms with Gasteiger partial charge in [0.1, 0.15) is 0 Å².